The minimum atomic E-state index is -0.135. The summed E-state index contributed by atoms with van der Waals surface area (Å²) >= 11 is 4.50. The molecule has 0 bridgehead atoms. The summed E-state index contributed by atoms with van der Waals surface area (Å²) in [6.07, 6.45) is 1.30. The molecular weight excluding hydrogens is 418 g/mol. The summed E-state index contributed by atoms with van der Waals surface area (Å²) in [4.78, 5) is 11.4. The fourth-order valence-electron chi connectivity index (χ4n) is 1.09. The Morgan fingerprint density at radius 2 is 2.07 bits per heavy atom. The van der Waals surface area contributed by atoms with E-state index in [1.165, 1.54) is 0 Å². The highest BCUT2D eigenvalue weighted by atomic mass is 127. The lowest BCUT2D eigenvalue weighted by Crippen LogP contribution is -2.10. The molecule has 0 N–H and O–H groups in total. The lowest BCUT2D eigenvalue weighted by molar-refractivity contribution is -0.142. The van der Waals surface area contributed by atoms with Crippen molar-refractivity contribution in [2.75, 3.05) is 11.0 Å². The van der Waals surface area contributed by atoms with Crippen LogP contribution < -0.4 is 0 Å². The van der Waals surface area contributed by atoms with Gasteiger partial charge in [-0.2, -0.15) is 0 Å². The van der Waals surface area contributed by atoms with Crippen LogP contribution in [0.1, 0.15) is 12.0 Å². The van der Waals surface area contributed by atoms with Gasteiger partial charge in [0, 0.05) is 8.00 Å². The fraction of sp³-hybridized carbons (Fsp3) is 0.364. The van der Waals surface area contributed by atoms with Crippen LogP contribution in [-0.4, -0.2) is 17.0 Å². The maximum Gasteiger partial charge on any atom is 0.310 e. The molecule has 1 aromatic rings. The average molecular weight is 430 g/mol. The maximum atomic E-state index is 11.4. The highest BCUT2D eigenvalue weighted by molar-refractivity contribution is 14.1. The van der Waals surface area contributed by atoms with Gasteiger partial charge in [0.2, 0.25) is 0 Å². The van der Waals surface area contributed by atoms with E-state index in [4.69, 9.17) is 4.74 Å². The van der Waals surface area contributed by atoms with Gasteiger partial charge in [-0.1, -0.05) is 40.8 Å². The Morgan fingerprint density at radius 1 is 1.33 bits per heavy atom. The van der Waals surface area contributed by atoms with E-state index in [9.17, 15) is 4.79 Å². The molecule has 82 valence electrons. The van der Waals surface area contributed by atoms with Crippen LogP contribution in [0.15, 0.2) is 24.3 Å². The predicted octanol–water partition coefficient (Wildman–Crippen LogP) is 3.20. The second-order valence-corrected chi connectivity index (χ2v) is 5.27. The van der Waals surface area contributed by atoms with Crippen molar-refractivity contribution in [3.05, 3.63) is 33.4 Å². The fourth-order valence-corrected chi connectivity index (χ4v) is 1.98. The zero-order valence-electron chi connectivity index (χ0n) is 8.21. The Balaban J connectivity index is 2.41. The van der Waals surface area contributed by atoms with E-state index < -0.39 is 0 Å². The Labute approximate surface area is 117 Å². The number of halogens is 2. The van der Waals surface area contributed by atoms with Crippen LogP contribution in [0.2, 0.25) is 0 Å². The second kappa shape index (κ2) is 7.43. The lowest BCUT2D eigenvalue weighted by Gasteiger charge is -2.05. The van der Waals surface area contributed by atoms with E-state index >= 15 is 0 Å². The minimum Gasteiger partial charge on any atom is -0.465 e. The van der Waals surface area contributed by atoms with Crippen LogP contribution in [0, 0.1) is 3.57 Å². The van der Waals surface area contributed by atoms with Gasteiger partial charge in [0.05, 0.1) is 13.0 Å². The van der Waals surface area contributed by atoms with Crippen molar-refractivity contribution in [1.82, 2.24) is 0 Å². The normalized spacial score (nSPS) is 10.0. The summed E-state index contributed by atoms with van der Waals surface area (Å²) in [6.45, 7) is 0.533. The topological polar surface area (TPSA) is 26.3 Å². The van der Waals surface area contributed by atoms with Gasteiger partial charge in [0.1, 0.15) is 0 Å². The third kappa shape index (κ3) is 5.14. The van der Waals surface area contributed by atoms with Crippen LogP contribution >= 0.6 is 45.2 Å². The van der Waals surface area contributed by atoms with Crippen molar-refractivity contribution in [2.24, 2.45) is 0 Å². The lowest BCUT2D eigenvalue weighted by atomic mass is 10.2. The SMILES string of the molecule is O=C(Cc1ccccc1I)OCCCI. The molecule has 0 fully saturated rings. The van der Waals surface area contributed by atoms with Gasteiger partial charge in [-0.05, 0) is 40.6 Å². The number of alkyl halides is 1. The molecule has 0 heterocycles. The van der Waals surface area contributed by atoms with Gasteiger partial charge in [0.15, 0.2) is 0 Å². The van der Waals surface area contributed by atoms with Gasteiger partial charge in [-0.15, -0.1) is 0 Å². The summed E-state index contributed by atoms with van der Waals surface area (Å²) in [7, 11) is 0. The molecule has 0 radical (unpaired) electrons. The number of rotatable bonds is 5. The monoisotopic (exact) mass is 430 g/mol. The second-order valence-electron chi connectivity index (χ2n) is 3.03. The van der Waals surface area contributed by atoms with Crippen molar-refractivity contribution < 1.29 is 9.53 Å². The van der Waals surface area contributed by atoms with E-state index in [0.29, 0.717) is 13.0 Å². The third-order valence-electron chi connectivity index (χ3n) is 1.83. The molecule has 0 amide bonds. The summed E-state index contributed by atoms with van der Waals surface area (Å²) in [6, 6.07) is 7.86. The highest BCUT2D eigenvalue weighted by Crippen LogP contribution is 2.12. The van der Waals surface area contributed by atoms with E-state index in [2.05, 4.69) is 45.2 Å². The van der Waals surface area contributed by atoms with Crippen molar-refractivity contribution >= 4 is 51.2 Å². The van der Waals surface area contributed by atoms with Crippen molar-refractivity contribution in [3.8, 4) is 0 Å². The number of esters is 1. The zero-order valence-corrected chi connectivity index (χ0v) is 12.5. The molecule has 0 unspecified atom stereocenters. The summed E-state index contributed by atoms with van der Waals surface area (Å²) in [5.41, 5.74) is 1.04. The smallest absolute Gasteiger partial charge is 0.310 e. The molecular formula is C11H12I2O2. The Bertz CT molecular complexity index is 326. The Kier molecular flexibility index (Phi) is 6.54. The first kappa shape index (κ1) is 13.2. The highest BCUT2D eigenvalue weighted by Gasteiger charge is 2.06. The van der Waals surface area contributed by atoms with Gasteiger partial charge >= 0.3 is 5.97 Å². The number of carbonyl (C=O) groups excluding carboxylic acids is 1. The molecule has 0 aliphatic carbocycles. The molecule has 1 rings (SSSR count). The first-order chi connectivity index (χ1) is 7.24. The number of carbonyl (C=O) groups is 1. The third-order valence-corrected chi connectivity index (χ3v) is 3.65. The molecule has 1 aromatic carbocycles. The predicted molar refractivity (Wildman–Crippen MR) is 77.3 cm³/mol. The van der Waals surface area contributed by atoms with Gasteiger partial charge < -0.3 is 4.74 Å². The Morgan fingerprint density at radius 3 is 2.73 bits per heavy atom. The number of hydrogen-bond donors (Lipinski definition) is 0. The minimum absolute atomic E-state index is 0.135. The molecule has 4 heteroatoms. The van der Waals surface area contributed by atoms with Crippen molar-refractivity contribution in [2.45, 2.75) is 12.8 Å². The average Bonchev–Trinajstić information content (AvgIpc) is 2.22. The molecule has 0 atom stereocenters. The molecule has 0 aliphatic rings. The molecule has 15 heavy (non-hydrogen) atoms. The zero-order chi connectivity index (χ0) is 11.1. The maximum absolute atomic E-state index is 11.4. The molecule has 0 saturated heterocycles. The van der Waals surface area contributed by atoms with Crippen LogP contribution in [-0.2, 0) is 16.0 Å². The number of benzene rings is 1. The van der Waals surface area contributed by atoms with E-state index in [-0.39, 0.29) is 5.97 Å². The van der Waals surface area contributed by atoms with E-state index in [0.717, 1.165) is 20.0 Å². The van der Waals surface area contributed by atoms with Gasteiger partial charge in [-0.25, -0.2) is 0 Å². The van der Waals surface area contributed by atoms with Crippen LogP contribution in [0.4, 0.5) is 0 Å². The molecule has 0 aliphatic heterocycles. The van der Waals surface area contributed by atoms with E-state index in [1.807, 2.05) is 24.3 Å². The van der Waals surface area contributed by atoms with E-state index in [1.54, 1.807) is 0 Å². The molecule has 0 aromatic heterocycles. The summed E-state index contributed by atoms with van der Waals surface area (Å²) < 4.78 is 7.23. The number of ether oxygens (including phenoxy) is 1. The molecule has 2 nitrogen and oxygen atoms in total. The Hall–Kier alpha value is 0.150. The van der Waals surface area contributed by atoms with Crippen LogP contribution in [0.5, 0.6) is 0 Å². The number of hydrogen-bond acceptors (Lipinski definition) is 2. The van der Waals surface area contributed by atoms with Crippen molar-refractivity contribution in [3.63, 3.8) is 0 Å². The molecule has 0 spiro atoms. The van der Waals surface area contributed by atoms with Gasteiger partial charge in [-0.3, -0.25) is 4.79 Å². The van der Waals surface area contributed by atoms with Crippen LogP contribution in [0.25, 0.3) is 0 Å². The van der Waals surface area contributed by atoms with Gasteiger partial charge in [0.25, 0.3) is 0 Å². The van der Waals surface area contributed by atoms with Crippen molar-refractivity contribution in [1.29, 1.82) is 0 Å². The first-order valence-corrected chi connectivity index (χ1v) is 7.29. The molecule has 0 saturated carbocycles. The summed E-state index contributed by atoms with van der Waals surface area (Å²) in [5.74, 6) is -0.135. The largest absolute Gasteiger partial charge is 0.465 e. The van der Waals surface area contributed by atoms with Crippen LogP contribution in [0.3, 0.4) is 0 Å². The first-order valence-electron chi connectivity index (χ1n) is 4.69. The standard InChI is InChI=1S/C11H12I2O2/c12-6-3-7-15-11(14)8-9-4-1-2-5-10(9)13/h1-2,4-5H,3,6-8H2. The quantitative estimate of drug-likeness (QED) is 0.311. The summed E-state index contributed by atoms with van der Waals surface area (Å²) in [5, 5.41) is 0.